The predicted molar refractivity (Wildman–Crippen MR) is 41.6 cm³/mol. The molecule has 10 heavy (non-hydrogen) atoms. The molecule has 0 heterocycles. The van der Waals surface area contributed by atoms with Gasteiger partial charge in [0.15, 0.2) is 0 Å². The van der Waals surface area contributed by atoms with E-state index in [0.717, 1.165) is 5.56 Å². The van der Waals surface area contributed by atoms with E-state index in [0.29, 0.717) is 0 Å². The van der Waals surface area contributed by atoms with Crippen LogP contribution in [0.3, 0.4) is 0 Å². The molecule has 1 N–H and O–H groups in total. The van der Waals surface area contributed by atoms with Crippen molar-refractivity contribution in [2.75, 3.05) is 0 Å². The Labute approximate surface area is 60.6 Å². The molecule has 0 aliphatic carbocycles. The van der Waals surface area contributed by atoms with Crippen LogP contribution in [0.5, 0.6) is 0 Å². The fourth-order valence-electron chi connectivity index (χ4n) is 0.786. The molecule has 1 aromatic carbocycles. The lowest BCUT2D eigenvalue weighted by molar-refractivity contribution is 0.229. The molecule has 0 spiro atoms. The summed E-state index contributed by atoms with van der Waals surface area (Å²) in [5.41, 5.74) is 0.887. The van der Waals surface area contributed by atoms with Crippen molar-refractivity contribution in [3.8, 4) is 0 Å². The van der Waals surface area contributed by atoms with Crippen LogP contribution in [0.2, 0.25) is 0 Å². The molecule has 0 aliphatic rings. The third-order valence-electron chi connectivity index (χ3n) is 1.36. The van der Waals surface area contributed by atoms with Crippen molar-refractivity contribution < 1.29 is 5.11 Å². The summed E-state index contributed by atoms with van der Waals surface area (Å²) >= 11 is 0. The molecule has 1 aromatic rings. The maximum atomic E-state index is 9.21. The zero-order valence-corrected chi connectivity index (χ0v) is 5.70. The summed E-state index contributed by atoms with van der Waals surface area (Å²) in [5, 5.41) is 9.21. The molecule has 0 amide bonds. The minimum absolute atomic E-state index is 0.527. The quantitative estimate of drug-likeness (QED) is 0.612. The van der Waals surface area contributed by atoms with E-state index in [1.54, 1.807) is 0 Å². The Morgan fingerprint density at radius 2 is 1.90 bits per heavy atom. The van der Waals surface area contributed by atoms with E-state index in [4.69, 9.17) is 0 Å². The summed E-state index contributed by atoms with van der Waals surface area (Å²) < 4.78 is 0. The van der Waals surface area contributed by atoms with E-state index in [9.17, 15) is 5.11 Å². The van der Waals surface area contributed by atoms with E-state index in [1.165, 1.54) is 6.08 Å². The number of rotatable bonds is 2. The first-order valence-corrected chi connectivity index (χ1v) is 3.20. The summed E-state index contributed by atoms with van der Waals surface area (Å²) in [4.78, 5) is 0. The van der Waals surface area contributed by atoms with Crippen LogP contribution >= 0.6 is 0 Å². The van der Waals surface area contributed by atoms with Crippen molar-refractivity contribution in [1.82, 2.24) is 0 Å². The Bertz CT molecular complexity index is 203. The van der Waals surface area contributed by atoms with Gasteiger partial charge >= 0.3 is 0 Å². The minimum atomic E-state index is -0.527. The van der Waals surface area contributed by atoms with Gasteiger partial charge in [-0.25, -0.2) is 0 Å². The predicted octanol–water partition coefficient (Wildman–Crippen LogP) is 1.91. The van der Waals surface area contributed by atoms with E-state index < -0.39 is 6.10 Å². The van der Waals surface area contributed by atoms with Crippen LogP contribution in [-0.4, -0.2) is 5.11 Å². The first kappa shape index (κ1) is 7.03. The molecular formula is C9H10O. The van der Waals surface area contributed by atoms with Crippen LogP contribution in [0, 0.1) is 0 Å². The normalized spacial score (nSPS) is 12.5. The highest BCUT2D eigenvalue weighted by Crippen LogP contribution is 2.11. The number of hydrogen-bond donors (Lipinski definition) is 1. The highest BCUT2D eigenvalue weighted by Gasteiger charge is 1.98. The number of aliphatic hydroxyl groups excluding tert-OH is 1. The van der Waals surface area contributed by atoms with Crippen LogP contribution < -0.4 is 0 Å². The lowest BCUT2D eigenvalue weighted by atomic mass is 10.1. The molecule has 1 heteroatoms. The molecule has 52 valence electrons. The fraction of sp³-hybridized carbons (Fsp3) is 0.111. The van der Waals surface area contributed by atoms with E-state index in [1.807, 2.05) is 30.3 Å². The zero-order chi connectivity index (χ0) is 7.40. The summed E-state index contributed by atoms with van der Waals surface area (Å²) in [6.07, 6.45) is 0.983. The molecule has 0 fully saturated rings. The fourth-order valence-corrected chi connectivity index (χ4v) is 0.786. The third kappa shape index (κ3) is 1.45. The Balaban J connectivity index is 2.84. The maximum Gasteiger partial charge on any atom is 0.0969 e. The van der Waals surface area contributed by atoms with Crippen molar-refractivity contribution in [3.63, 3.8) is 0 Å². The standard InChI is InChI=1S/C9H10O/c1-2-9(10)8-6-4-3-5-7-8/h2-7,9-10H,1H2/t9-/m0/s1. The van der Waals surface area contributed by atoms with Crippen molar-refractivity contribution >= 4 is 0 Å². The first-order valence-electron chi connectivity index (χ1n) is 3.20. The van der Waals surface area contributed by atoms with Gasteiger partial charge < -0.3 is 5.11 Å². The van der Waals surface area contributed by atoms with E-state index in [2.05, 4.69) is 6.58 Å². The van der Waals surface area contributed by atoms with Gasteiger partial charge in [-0.1, -0.05) is 36.4 Å². The van der Waals surface area contributed by atoms with Crippen LogP contribution in [0.15, 0.2) is 43.0 Å². The highest BCUT2D eigenvalue weighted by molar-refractivity contribution is 5.19. The Morgan fingerprint density at radius 3 is 2.40 bits per heavy atom. The number of hydrogen-bond acceptors (Lipinski definition) is 1. The van der Waals surface area contributed by atoms with Gasteiger partial charge in [-0.15, -0.1) is 6.58 Å². The van der Waals surface area contributed by atoms with Crippen LogP contribution in [0.4, 0.5) is 0 Å². The van der Waals surface area contributed by atoms with E-state index in [-0.39, 0.29) is 0 Å². The van der Waals surface area contributed by atoms with Gasteiger partial charge in [-0.05, 0) is 5.56 Å². The number of aliphatic hydroxyl groups is 1. The maximum absolute atomic E-state index is 9.21. The average Bonchev–Trinajstić information content (AvgIpc) is 2.05. The van der Waals surface area contributed by atoms with Gasteiger partial charge in [0.2, 0.25) is 0 Å². The minimum Gasteiger partial charge on any atom is -0.384 e. The monoisotopic (exact) mass is 134 g/mol. The highest BCUT2D eigenvalue weighted by atomic mass is 16.3. The molecular weight excluding hydrogens is 124 g/mol. The van der Waals surface area contributed by atoms with Gasteiger partial charge in [-0.2, -0.15) is 0 Å². The lowest BCUT2D eigenvalue weighted by Crippen LogP contribution is -1.90. The number of benzene rings is 1. The molecule has 1 atom stereocenters. The third-order valence-corrected chi connectivity index (χ3v) is 1.36. The van der Waals surface area contributed by atoms with Crippen LogP contribution in [-0.2, 0) is 0 Å². The van der Waals surface area contributed by atoms with Gasteiger partial charge in [0.05, 0.1) is 6.10 Å². The Hall–Kier alpha value is -1.08. The molecule has 1 nitrogen and oxygen atoms in total. The van der Waals surface area contributed by atoms with Crippen molar-refractivity contribution in [2.45, 2.75) is 6.10 Å². The summed E-state index contributed by atoms with van der Waals surface area (Å²) in [5.74, 6) is 0. The molecule has 0 aromatic heterocycles. The Kier molecular flexibility index (Phi) is 2.24. The zero-order valence-electron chi connectivity index (χ0n) is 5.70. The molecule has 0 saturated carbocycles. The second-order valence-electron chi connectivity index (χ2n) is 2.09. The second-order valence-corrected chi connectivity index (χ2v) is 2.09. The van der Waals surface area contributed by atoms with Gasteiger partial charge in [0.25, 0.3) is 0 Å². The summed E-state index contributed by atoms with van der Waals surface area (Å²) in [6, 6.07) is 9.43. The van der Waals surface area contributed by atoms with E-state index >= 15 is 0 Å². The Morgan fingerprint density at radius 1 is 1.30 bits per heavy atom. The lowest BCUT2D eigenvalue weighted by Gasteiger charge is -2.02. The molecule has 0 saturated heterocycles. The second kappa shape index (κ2) is 3.18. The molecule has 0 bridgehead atoms. The topological polar surface area (TPSA) is 20.2 Å². The van der Waals surface area contributed by atoms with Crippen LogP contribution in [0.25, 0.3) is 0 Å². The van der Waals surface area contributed by atoms with Crippen LogP contribution in [0.1, 0.15) is 11.7 Å². The SMILES string of the molecule is C=C[C@H](O)c1ccccc1. The molecule has 0 radical (unpaired) electrons. The van der Waals surface area contributed by atoms with Crippen molar-refractivity contribution in [3.05, 3.63) is 48.6 Å². The molecule has 0 aliphatic heterocycles. The van der Waals surface area contributed by atoms with Gasteiger partial charge in [-0.3, -0.25) is 0 Å². The average molecular weight is 134 g/mol. The summed E-state index contributed by atoms with van der Waals surface area (Å²) in [7, 11) is 0. The van der Waals surface area contributed by atoms with Gasteiger partial charge in [0.1, 0.15) is 0 Å². The first-order chi connectivity index (χ1) is 4.84. The largest absolute Gasteiger partial charge is 0.384 e. The van der Waals surface area contributed by atoms with Crippen molar-refractivity contribution in [2.24, 2.45) is 0 Å². The molecule has 1 rings (SSSR count). The van der Waals surface area contributed by atoms with Gasteiger partial charge in [0, 0.05) is 0 Å². The van der Waals surface area contributed by atoms with Crippen molar-refractivity contribution in [1.29, 1.82) is 0 Å². The molecule has 0 unspecified atom stereocenters. The smallest absolute Gasteiger partial charge is 0.0969 e. The summed E-state index contributed by atoms with van der Waals surface area (Å²) in [6.45, 7) is 3.49.